The molecule has 0 spiro atoms. The second-order valence-electron chi connectivity index (χ2n) is 10.3. The second-order valence-corrected chi connectivity index (χ2v) is 13.6. The first-order chi connectivity index (χ1) is 20.0. The number of aryl methyl sites for hydroxylation is 1. The van der Waals surface area contributed by atoms with E-state index in [9.17, 15) is 22.7 Å². The van der Waals surface area contributed by atoms with Crippen molar-refractivity contribution in [3.05, 3.63) is 92.9 Å². The van der Waals surface area contributed by atoms with Crippen LogP contribution in [-0.2, 0) is 22.9 Å². The predicted octanol–water partition coefficient (Wildman–Crippen LogP) is 6.20. The van der Waals surface area contributed by atoms with E-state index >= 15 is 4.39 Å². The molecular weight excluding hydrogens is 603 g/mol. The van der Waals surface area contributed by atoms with Gasteiger partial charge in [0.05, 0.1) is 11.4 Å². The molecule has 2 aromatic carbocycles. The number of carbonyl (C=O) groups is 1. The number of nitrogens with zero attached hydrogens (tertiary/aromatic N) is 3. The van der Waals surface area contributed by atoms with Crippen molar-refractivity contribution in [2.45, 2.75) is 37.5 Å². The molecule has 3 N–H and O–H groups in total. The Morgan fingerprint density at radius 1 is 1.10 bits per heavy atom. The van der Waals surface area contributed by atoms with Crippen molar-refractivity contribution in [2.24, 2.45) is 11.1 Å². The van der Waals surface area contributed by atoms with E-state index < -0.39 is 26.7 Å². The van der Waals surface area contributed by atoms with Crippen molar-refractivity contribution in [3.8, 4) is 26.8 Å². The van der Waals surface area contributed by atoms with Gasteiger partial charge in [-0.25, -0.2) is 36.8 Å². The molecule has 6 rings (SSSR count). The van der Waals surface area contributed by atoms with Crippen molar-refractivity contribution >= 4 is 38.7 Å². The number of rotatable bonds is 9. The van der Waals surface area contributed by atoms with Crippen LogP contribution in [0.15, 0.2) is 58.1 Å². The lowest BCUT2D eigenvalue weighted by atomic mass is 9.96. The molecule has 1 saturated carbocycles. The fourth-order valence-corrected chi connectivity index (χ4v) is 7.13. The number of carboxylic acid groups (broad SMARTS) is 1. The van der Waals surface area contributed by atoms with E-state index in [1.54, 1.807) is 16.8 Å². The molecule has 5 aromatic rings. The lowest BCUT2D eigenvalue weighted by Gasteiger charge is -2.10. The van der Waals surface area contributed by atoms with Gasteiger partial charge in [-0.3, -0.25) is 0 Å². The summed E-state index contributed by atoms with van der Waals surface area (Å²) in [6.45, 7) is 1.94. The first-order valence-corrected chi connectivity index (χ1v) is 16.2. The molecule has 0 radical (unpaired) electrons. The van der Waals surface area contributed by atoms with Gasteiger partial charge in [-0.05, 0) is 85.0 Å². The number of primary sulfonamides is 1. The Hall–Kier alpha value is -3.78. The normalized spacial score (nSPS) is 13.5. The maximum Gasteiger partial charge on any atom is 0.355 e. The average Bonchev–Trinajstić information content (AvgIpc) is 3.27. The maximum atomic E-state index is 15.0. The van der Waals surface area contributed by atoms with Crippen molar-refractivity contribution in [3.63, 3.8) is 0 Å². The highest BCUT2D eigenvalue weighted by atomic mass is 32.2. The number of thiophene rings is 1. The minimum absolute atomic E-state index is 0.108. The number of aromatic carboxylic acids is 1. The highest BCUT2D eigenvalue weighted by Gasteiger charge is 2.30. The fourth-order valence-electron chi connectivity index (χ4n) is 4.85. The third-order valence-electron chi connectivity index (χ3n) is 7.08. The van der Waals surface area contributed by atoms with E-state index in [1.165, 1.54) is 28.8 Å². The zero-order valence-corrected chi connectivity index (χ0v) is 24.6. The molecular formula is C29H24F2N4O4S3. The van der Waals surface area contributed by atoms with Crippen LogP contribution in [-0.4, -0.2) is 34.3 Å². The van der Waals surface area contributed by atoms with Gasteiger partial charge in [0, 0.05) is 33.4 Å². The number of aromatic nitrogens is 3. The Bertz CT molecular complexity index is 1960. The Morgan fingerprint density at radius 3 is 2.50 bits per heavy atom. The molecule has 0 unspecified atom stereocenters. The van der Waals surface area contributed by atoms with Crippen LogP contribution in [0.5, 0.6) is 0 Å². The van der Waals surface area contributed by atoms with Crippen LogP contribution < -0.4 is 5.14 Å². The molecule has 0 amide bonds. The highest BCUT2D eigenvalue weighted by Crippen LogP contribution is 2.40. The van der Waals surface area contributed by atoms with E-state index in [0.29, 0.717) is 39.9 Å². The standard InChI is InChI=1S/C29H24F2N4O4S3/c1-15-8-25(40-13-15)19-12-18(5-6-21(19)30)27-20(9-17-4-7-26(22(31)10-17)42(32,38)39)24(11-16-2-3-16)35(34-27)29-33-23(14-41-29)28(36)37/h4-8,10,12-14,16H,2-3,9,11H2,1H3,(H,36,37)(H2,32,38,39). The molecule has 0 saturated heterocycles. The van der Waals surface area contributed by atoms with Gasteiger partial charge in [0.15, 0.2) is 5.69 Å². The predicted molar refractivity (Wildman–Crippen MR) is 157 cm³/mol. The fraction of sp³-hybridized carbons (Fsp3) is 0.207. The SMILES string of the molecule is Cc1csc(-c2cc(-c3nn(-c4nc(C(=O)O)cs4)c(CC4CC4)c3Cc3ccc(S(N)(=O)=O)c(F)c3)ccc2F)c1. The Balaban J connectivity index is 1.54. The third-order valence-corrected chi connectivity index (χ3v) is 9.92. The Morgan fingerprint density at radius 2 is 1.88 bits per heavy atom. The van der Waals surface area contributed by atoms with Crippen molar-refractivity contribution in [1.82, 2.24) is 14.8 Å². The molecule has 13 heteroatoms. The molecule has 8 nitrogen and oxygen atoms in total. The monoisotopic (exact) mass is 626 g/mol. The van der Waals surface area contributed by atoms with Gasteiger partial charge >= 0.3 is 5.97 Å². The minimum Gasteiger partial charge on any atom is -0.476 e. The smallest absolute Gasteiger partial charge is 0.355 e. The van der Waals surface area contributed by atoms with Gasteiger partial charge in [-0.2, -0.15) is 5.10 Å². The average molecular weight is 627 g/mol. The number of sulfonamides is 1. The molecule has 1 fully saturated rings. The molecule has 0 bridgehead atoms. The van der Waals surface area contributed by atoms with Crippen LogP contribution in [0, 0.1) is 24.5 Å². The van der Waals surface area contributed by atoms with Crippen molar-refractivity contribution in [2.75, 3.05) is 0 Å². The van der Waals surface area contributed by atoms with Gasteiger partial charge in [0.25, 0.3) is 0 Å². The molecule has 1 aliphatic carbocycles. The van der Waals surface area contributed by atoms with Gasteiger partial charge in [0.2, 0.25) is 15.2 Å². The maximum absolute atomic E-state index is 15.0. The summed E-state index contributed by atoms with van der Waals surface area (Å²) in [5.74, 6) is -2.11. The quantitative estimate of drug-likeness (QED) is 0.201. The number of hydrogen-bond acceptors (Lipinski definition) is 7. The Kier molecular flexibility index (Phi) is 7.29. The first kappa shape index (κ1) is 28.3. The Labute approximate surface area is 248 Å². The van der Waals surface area contributed by atoms with E-state index in [-0.39, 0.29) is 17.9 Å². The summed E-state index contributed by atoms with van der Waals surface area (Å²) in [6, 6.07) is 10.4. The van der Waals surface area contributed by atoms with E-state index in [0.717, 1.165) is 58.0 Å². The van der Waals surface area contributed by atoms with Crippen LogP contribution in [0.2, 0.25) is 0 Å². The van der Waals surface area contributed by atoms with Gasteiger partial charge in [0.1, 0.15) is 16.5 Å². The molecule has 3 heterocycles. The number of benzene rings is 2. The number of nitrogens with two attached hydrogens (primary N) is 1. The summed E-state index contributed by atoms with van der Waals surface area (Å²) in [6.07, 6.45) is 2.85. The van der Waals surface area contributed by atoms with Crippen LogP contribution in [0.3, 0.4) is 0 Å². The zero-order valence-electron chi connectivity index (χ0n) is 22.2. The third kappa shape index (κ3) is 5.64. The molecule has 0 aliphatic heterocycles. The van der Waals surface area contributed by atoms with Crippen LogP contribution in [0.25, 0.3) is 26.8 Å². The summed E-state index contributed by atoms with van der Waals surface area (Å²) >= 11 is 2.57. The van der Waals surface area contributed by atoms with Crippen LogP contribution in [0.1, 0.15) is 45.7 Å². The summed E-state index contributed by atoms with van der Waals surface area (Å²) in [5, 5.41) is 23.3. The van der Waals surface area contributed by atoms with E-state index in [2.05, 4.69) is 4.98 Å². The highest BCUT2D eigenvalue weighted by molar-refractivity contribution is 7.89. The largest absolute Gasteiger partial charge is 0.476 e. The van der Waals surface area contributed by atoms with Gasteiger partial charge in [-0.1, -0.05) is 6.07 Å². The molecule has 42 heavy (non-hydrogen) atoms. The second kappa shape index (κ2) is 10.8. The number of halogens is 2. The van der Waals surface area contributed by atoms with Crippen molar-refractivity contribution in [1.29, 1.82) is 0 Å². The summed E-state index contributed by atoms with van der Waals surface area (Å²) in [5.41, 5.74) is 4.47. The van der Waals surface area contributed by atoms with Crippen LogP contribution in [0.4, 0.5) is 8.78 Å². The minimum atomic E-state index is -4.24. The summed E-state index contributed by atoms with van der Waals surface area (Å²) in [7, 11) is -4.24. The summed E-state index contributed by atoms with van der Waals surface area (Å²) < 4.78 is 55.1. The zero-order chi connectivity index (χ0) is 29.8. The van der Waals surface area contributed by atoms with E-state index in [1.807, 2.05) is 18.4 Å². The lowest BCUT2D eigenvalue weighted by Crippen LogP contribution is -2.14. The lowest BCUT2D eigenvalue weighted by molar-refractivity contribution is 0.0691. The number of hydrogen-bond donors (Lipinski definition) is 2. The van der Waals surface area contributed by atoms with Gasteiger partial charge in [-0.15, -0.1) is 22.7 Å². The summed E-state index contributed by atoms with van der Waals surface area (Å²) in [4.78, 5) is 16.0. The topological polar surface area (TPSA) is 128 Å². The molecule has 1 aliphatic rings. The van der Waals surface area contributed by atoms with Crippen LogP contribution >= 0.6 is 22.7 Å². The number of carboxylic acids is 1. The molecule has 216 valence electrons. The van der Waals surface area contributed by atoms with Gasteiger partial charge < -0.3 is 5.11 Å². The number of thiazole rings is 1. The molecule has 3 aromatic heterocycles. The van der Waals surface area contributed by atoms with Crippen molar-refractivity contribution < 1.29 is 27.1 Å². The van der Waals surface area contributed by atoms with E-state index in [4.69, 9.17) is 10.2 Å². The molecule has 0 atom stereocenters. The first-order valence-electron chi connectivity index (χ1n) is 12.9.